The highest BCUT2D eigenvalue weighted by atomic mass is 19.1. The summed E-state index contributed by atoms with van der Waals surface area (Å²) >= 11 is 0. The van der Waals surface area contributed by atoms with Gasteiger partial charge in [-0.25, -0.2) is 18.3 Å². The number of amides is 1. The highest BCUT2D eigenvalue weighted by molar-refractivity contribution is 5.94. The van der Waals surface area contributed by atoms with Crippen LogP contribution in [0.25, 0.3) is 11.0 Å². The lowest BCUT2D eigenvalue weighted by Gasteiger charge is -2.06. The number of benzene rings is 2. The van der Waals surface area contributed by atoms with E-state index < -0.39 is 11.8 Å². The van der Waals surface area contributed by atoms with Crippen LogP contribution >= 0.6 is 0 Å². The number of aryl methyl sites for hydroxylation is 1. The molecule has 3 rings (SSSR count). The number of carbonyl (C=O) groups is 2. The van der Waals surface area contributed by atoms with Crippen LogP contribution in [0, 0.1) is 12.7 Å². The Hall–Kier alpha value is -3.22. The lowest BCUT2D eigenvalue weighted by Crippen LogP contribution is -2.35. The average Bonchev–Trinajstić information content (AvgIpc) is 2.94. The van der Waals surface area contributed by atoms with Crippen LogP contribution in [-0.2, 0) is 22.6 Å². The molecule has 0 atom stereocenters. The number of hydrogen-bond donors (Lipinski definition) is 1. The van der Waals surface area contributed by atoms with Gasteiger partial charge in [-0.15, -0.1) is 0 Å². The van der Waals surface area contributed by atoms with Crippen LogP contribution in [0.15, 0.2) is 42.5 Å². The first-order chi connectivity index (χ1) is 13.5. The third kappa shape index (κ3) is 3.74. The normalized spacial score (nSPS) is 10.9. The van der Waals surface area contributed by atoms with Crippen molar-refractivity contribution in [3.05, 3.63) is 59.7 Å². The van der Waals surface area contributed by atoms with Gasteiger partial charge in [-0.1, -0.05) is 12.1 Å². The maximum atomic E-state index is 13.8. The van der Waals surface area contributed by atoms with Gasteiger partial charge >= 0.3 is 5.97 Å². The summed E-state index contributed by atoms with van der Waals surface area (Å²) in [6, 6.07) is 11.3. The van der Waals surface area contributed by atoms with E-state index in [4.69, 9.17) is 4.74 Å². The number of nitrogens with one attached hydrogen (secondary N) is 1. The Bertz CT molecular complexity index is 1040. The predicted molar refractivity (Wildman–Crippen MR) is 104 cm³/mol. The van der Waals surface area contributed by atoms with Crippen LogP contribution < -0.4 is 9.88 Å². The zero-order chi connectivity index (χ0) is 20.3. The van der Waals surface area contributed by atoms with E-state index in [1.807, 2.05) is 24.5 Å². The van der Waals surface area contributed by atoms with Gasteiger partial charge in [-0.3, -0.25) is 4.79 Å². The van der Waals surface area contributed by atoms with Gasteiger partial charge in [0.2, 0.25) is 0 Å². The molecule has 0 aliphatic rings. The molecule has 0 saturated heterocycles. The summed E-state index contributed by atoms with van der Waals surface area (Å²) in [5, 5.41) is 2.60. The molecule has 6 nitrogen and oxygen atoms in total. The number of para-hydroxylation sites is 1. The van der Waals surface area contributed by atoms with Gasteiger partial charge in [0.05, 0.1) is 24.4 Å². The van der Waals surface area contributed by atoms with E-state index in [0.29, 0.717) is 12.1 Å². The SMILES string of the molecule is CCOC(=O)c1ccc2c(c1)n(CC(=O)Nc1ccccc1F)c(C)[n+]2CC. The van der Waals surface area contributed by atoms with Crippen molar-refractivity contribution in [2.45, 2.75) is 33.9 Å². The molecule has 0 saturated carbocycles. The summed E-state index contributed by atoms with van der Waals surface area (Å²) in [5.41, 5.74) is 2.21. The second-order valence-electron chi connectivity index (χ2n) is 6.33. The molecule has 0 bridgehead atoms. The van der Waals surface area contributed by atoms with Crippen molar-refractivity contribution in [2.24, 2.45) is 0 Å². The molecule has 28 heavy (non-hydrogen) atoms. The zero-order valence-electron chi connectivity index (χ0n) is 16.2. The molecule has 2 aromatic carbocycles. The van der Waals surface area contributed by atoms with Gasteiger partial charge in [-0.05, 0) is 38.1 Å². The van der Waals surface area contributed by atoms with Crippen LogP contribution in [0.3, 0.4) is 0 Å². The largest absolute Gasteiger partial charge is 0.462 e. The number of carbonyl (C=O) groups excluding carboxylic acids is 2. The highest BCUT2D eigenvalue weighted by Crippen LogP contribution is 2.18. The van der Waals surface area contributed by atoms with Gasteiger partial charge in [-0.2, -0.15) is 0 Å². The molecule has 0 unspecified atom stereocenters. The number of fused-ring (bicyclic) bond motifs is 1. The average molecular weight is 384 g/mol. The summed E-state index contributed by atoms with van der Waals surface area (Å²) < 4.78 is 22.8. The molecule has 0 aliphatic heterocycles. The Morgan fingerprint density at radius 2 is 1.93 bits per heavy atom. The maximum Gasteiger partial charge on any atom is 0.338 e. The van der Waals surface area contributed by atoms with Gasteiger partial charge in [0, 0.05) is 13.0 Å². The molecular formula is C21H23FN3O3+. The number of nitrogens with zero attached hydrogens (tertiary/aromatic N) is 2. The fourth-order valence-corrected chi connectivity index (χ4v) is 3.30. The Labute approximate surface area is 162 Å². The maximum absolute atomic E-state index is 13.8. The van der Waals surface area contributed by atoms with Gasteiger partial charge < -0.3 is 10.1 Å². The van der Waals surface area contributed by atoms with Gasteiger partial charge in [0.15, 0.2) is 17.6 Å². The smallest absolute Gasteiger partial charge is 0.338 e. The lowest BCUT2D eigenvalue weighted by atomic mass is 10.2. The number of imidazole rings is 1. The number of aromatic nitrogens is 2. The number of hydrogen-bond acceptors (Lipinski definition) is 3. The molecule has 0 aliphatic carbocycles. The highest BCUT2D eigenvalue weighted by Gasteiger charge is 2.24. The van der Waals surface area contributed by atoms with Crippen molar-refractivity contribution in [1.82, 2.24) is 4.57 Å². The van der Waals surface area contributed by atoms with Gasteiger partial charge in [0.25, 0.3) is 11.7 Å². The second kappa shape index (κ2) is 8.21. The molecule has 1 N–H and O–H groups in total. The quantitative estimate of drug-likeness (QED) is 0.524. The fraction of sp³-hybridized carbons (Fsp3) is 0.286. The fourth-order valence-electron chi connectivity index (χ4n) is 3.30. The molecule has 1 aromatic heterocycles. The number of ether oxygens (including phenoxy) is 1. The first kappa shape index (κ1) is 19.5. The lowest BCUT2D eigenvalue weighted by molar-refractivity contribution is -0.674. The predicted octanol–water partition coefficient (Wildman–Crippen LogP) is 3.21. The third-order valence-electron chi connectivity index (χ3n) is 4.62. The van der Waals surface area contributed by atoms with Crippen LogP contribution in [-0.4, -0.2) is 23.1 Å². The Kier molecular flexibility index (Phi) is 5.73. The van der Waals surface area contributed by atoms with E-state index >= 15 is 0 Å². The van der Waals surface area contributed by atoms with Crippen molar-refractivity contribution >= 4 is 28.6 Å². The first-order valence-electron chi connectivity index (χ1n) is 9.20. The molecule has 1 heterocycles. The molecule has 7 heteroatoms. The summed E-state index contributed by atoms with van der Waals surface area (Å²) in [5.74, 6) is -0.385. The van der Waals surface area contributed by atoms with Crippen LogP contribution in [0.2, 0.25) is 0 Å². The molecule has 0 fully saturated rings. The zero-order valence-corrected chi connectivity index (χ0v) is 16.2. The summed E-state index contributed by atoms with van der Waals surface area (Å²) in [7, 11) is 0. The van der Waals surface area contributed by atoms with E-state index in [1.165, 1.54) is 12.1 Å². The third-order valence-corrected chi connectivity index (χ3v) is 4.62. The van der Waals surface area contributed by atoms with Crippen LogP contribution in [0.5, 0.6) is 0 Å². The molecule has 0 spiro atoms. The Morgan fingerprint density at radius 1 is 1.18 bits per heavy atom. The number of esters is 1. The first-order valence-corrected chi connectivity index (χ1v) is 9.20. The molecule has 146 valence electrons. The van der Waals surface area contributed by atoms with Crippen molar-refractivity contribution in [1.29, 1.82) is 0 Å². The van der Waals surface area contributed by atoms with Crippen molar-refractivity contribution < 1.29 is 23.3 Å². The van der Waals surface area contributed by atoms with E-state index in [1.54, 1.807) is 31.2 Å². The summed E-state index contributed by atoms with van der Waals surface area (Å²) in [4.78, 5) is 24.7. The Morgan fingerprint density at radius 3 is 2.61 bits per heavy atom. The topological polar surface area (TPSA) is 64.2 Å². The van der Waals surface area contributed by atoms with E-state index in [-0.39, 0.29) is 24.7 Å². The number of halogens is 1. The minimum Gasteiger partial charge on any atom is -0.462 e. The standard InChI is InChI=1S/C21H22FN3O3/c1-4-24-14(3)25(13-20(26)23-17-9-7-6-8-16(17)22)19-12-15(10-11-18(19)24)21(27)28-5-2/h6-12H,4-5,13H2,1-3H3/p+1. The summed E-state index contributed by atoms with van der Waals surface area (Å²) in [6.07, 6.45) is 0. The molecule has 1 amide bonds. The van der Waals surface area contributed by atoms with Gasteiger partial charge in [0.1, 0.15) is 5.82 Å². The van der Waals surface area contributed by atoms with Crippen molar-refractivity contribution in [3.63, 3.8) is 0 Å². The summed E-state index contributed by atoms with van der Waals surface area (Å²) in [6.45, 7) is 6.66. The van der Waals surface area contributed by atoms with E-state index in [9.17, 15) is 14.0 Å². The molecular weight excluding hydrogens is 361 g/mol. The molecule has 0 radical (unpaired) electrons. The minimum atomic E-state index is -0.488. The van der Waals surface area contributed by atoms with E-state index in [0.717, 1.165) is 16.9 Å². The van der Waals surface area contributed by atoms with Crippen molar-refractivity contribution in [3.8, 4) is 0 Å². The van der Waals surface area contributed by atoms with E-state index in [2.05, 4.69) is 9.88 Å². The number of anilines is 1. The number of rotatable bonds is 6. The molecule has 3 aromatic rings. The monoisotopic (exact) mass is 384 g/mol. The Balaban J connectivity index is 1.97. The van der Waals surface area contributed by atoms with Crippen LogP contribution in [0.1, 0.15) is 30.0 Å². The second-order valence-corrected chi connectivity index (χ2v) is 6.33. The van der Waals surface area contributed by atoms with Crippen molar-refractivity contribution in [2.75, 3.05) is 11.9 Å². The minimum absolute atomic E-state index is 0.00402. The van der Waals surface area contributed by atoms with Crippen LogP contribution in [0.4, 0.5) is 10.1 Å².